The minimum atomic E-state index is -0.873. The highest BCUT2D eigenvalue weighted by atomic mass is 16.4. The summed E-state index contributed by atoms with van der Waals surface area (Å²) in [5.41, 5.74) is 0. The number of aliphatic carboxylic acids is 1. The zero-order valence-corrected chi connectivity index (χ0v) is 10.3. The smallest absolute Gasteiger partial charge is 0.326 e. The predicted molar refractivity (Wildman–Crippen MR) is 62.4 cm³/mol. The maximum atomic E-state index is 12.3. The predicted octanol–water partition coefficient (Wildman–Crippen LogP) is 0.164. The Labute approximate surface area is 101 Å². The van der Waals surface area contributed by atoms with Crippen LogP contribution in [0, 0.1) is 17.8 Å². The van der Waals surface area contributed by atoms with E-state index in [1.54, 1.807) is 4.90 Å². The molecular formula is C12H20N2O3. The van der Waals surface area contributed by atoms with Crippen LogP contribution in [-0.4, -0.2) is 47.6 Å². The molecule has 0 aromatic rings. The average Bonchev–Trinajstić information content (AvgIpc) is 2.83. The maximum Gasteiger partial charge on any atom is 0.326 e. The van der Waals surface area contributed by atoms with E-state index in [-0.39, 0.29) is 17.7 Å². The Hall–Kier alpha value is -1.10. The number of likely N-dealkylation sites (tertiary alicyclic amines) is 1. The van der Waals surface area contributed by atoms with Gasteiger partial charge in [-0.1, -0.05) is 13.8 Å². The van der Waals surface area contributed by atoms with Crippen molar-refractivity contribution in [1.29, 1.82) is 0 Å². The molecule has 5 heteroatoms. The first-order valence-corrected chi connectivity index (χ1v) is 6.26. The normalized spacial score (nSPS) is 37.4. The molecule has 0 radical (unpaired) electrons. The zero-order chi connectivity index (χ0) is 12.6. The van der Waals surface area contributed by atoms with Gasteiger partial charge in [0.25, 0.3) is 0 Å². The van der Waals surface area contributed by atoms with Gasteiger partial charge in [-0.3, -0.25) is 4.79 Å². The van der Waals surface area contributed by atoms with Gasteiger partial charge in [-0.15, -0.1) is 0 Å². The van der Waals surface area contributed by atoms with Gasteiger partial charge in [-0.05, 0) is 24.8 Å². The van der Waals surface area contributed by atoms with Gasteiger partial charge in [-0.25, -0.2) is 4.79 Å². The van der Waals surface area contributed by atoms with Crippen LogP contribution in [0.25, 0.3) is 0 Å². The quantitative estimate of drug-likeness (QED) is 0.721. The van der Waals surface area contributed by atoms with E-state index in [4.69, 9.17) is 0 Å². The number of amides is 1. The van der Waals surface area contributed by atoms with Crippen LogP contribution in [-0.2, 0) is 9.59 Å². The van der Waals surface area contributed by atoms with Crippen LogP contribution in [0.1, 0.15) is 20.3 Å². The molecule has 2 aliphatic heterocycles. The van der Waals surface area contributed by atoms with E-state index in [1.807, 2.05) is 13.8 Å². The first kappa shape index (κ1) is 12.4. The monoisotopic (exact) mass is 240 g/mol. The summed E-state index contributed by atoms with van der Waals surface area (Å²) in [7, 11) is 0. The Morgan fingerprint density at radius 2 is 1.94 bits per heavy atom. The van der Waals surface area contributed by atoms with Crippen LogP contribution < -0.4 is 5.32 Å². The molecule has 2 rings (SSSR count). The number of nitrogens with zero attached hydrogens (tertiary/aromatic N) is 1. The van der Waals surface area contributed by atoms with Crippen molar-refractivity contribution < 1.29 is 14.7 Å². The Morgan fingerprint density at radius 1 is 1.24 bits per heavy atom. The van der Waals surface area contributed by atoms with Gasteiger partial charge in [0.1, 0.15) is 6.04 Å². The lowest BCUT2D eigenvalue weighted by atomic mass is 9.95. The van der Waals surface area contributed by atoms with Crippen LogP contribution in [0.5, 0.6) is 0 Å². The molecule has 0 spiro atoms. The fourth-order valence-corrected chi connectivity index (χ4v) is 2.92. The van der Waals surface area contributed by atoms with Crippen molar-refractivity contribution >= 4 is 11.9 Å². The molecule has 0 aromatic carbocycles. The summed E-state index contributed by atoms with van der Waals surface area (Å²) in [6, 6.07) is -0.629. The molecule has 0 aliphatic carbocycles. The molecule has 2 heterocycles. The van der Waals surface area contributed by atoms with E-state index in [0.717, 1.165) is 13.0 Å². The van der Waals surface area contributed by atoms with Crippen LogP contribution in [0.4, 0.5) is 0 Å². The molecule has 2 unspecified atom stereocenters. The lowest BCUT2D eigenvalue weighted by Gasteiger charge is -2.27. The molecule has 0 saturated carbocycles. The van der Waals surface area contributed by atoms with Crippen LogP contribution in [0.2, 0.25) is 0 Å². The highest BCUT2D eigenvalue weighted by Crippen LogP contribution is 2.28. The van der Waals surface area contributed by atoms with Crippen LogP contribution in [0.3, 0.4) is 0 Å². The minimum absolute atomic E-state index is 0.0132. The SMILES string of the molecule is CC1CCN(C(=O)[C@@H]2CNC[C@H]2C)C1C(=O)O. The number of nitrogens with one attached hydrogen (secondary N) is 1. The van der Waals surface area contributed by atoms with E-state index in [0.29, 0.717) is 19.0 Å². The van der Waals surface area contributed by atoms with E-state index >= 15 is 0 Å². The van der Waals surface area contributed by atoms with Crippen molar-refractivity contribution in [2.75, 3.05) is 19.6 Å². The molecule has 0 aromatic heterocycles. The number of carbonyl (C=O) groups is 2. The minimum Gasteiger partial charge on any atom is -0.480 e. The Bertz CT molecular complexity index is 332. The Kier molecular flexibility index (Phi) is 3.38. The molecule has 2 fully saturated rings. The van der Waals surface area contributed by atoms with Gasteiger partial charge in [0.2, 0.25) is 5.91 Å². The Balaban J connectivity index is 2.11. The fraction of sp³-hybridized carbons (Fsp3) is 0.833. The number of carbonyl (C=O) groups excluding carboxylic acids is 1. The topological polar surface area (TPSA) is 69.6 Å². The van der Waals surface area contributed by atoms with Gasteiger partial charge < -0.3 is 15.3 Å². The molecule has 17 heavy (non-hydrogen) atoms. The second-order valence-corrected chi connectivity index (χ2v) is 5.32. The lowest BCUT2D eigenvalue weighted by Crippen LogP contribution is -2.46. The van der Waals surface area contributed by atoms with Crippen LogP contribution in [0.15, 0.2) is 0 Å². The highest BCUT2D eigenvalue weighted by Gasteiger charge is 2.43. The lowest BCUT2D eigenvalue weighted by molar-refractivity contribution is -0.151. The van der Waals surface area contributed by atoms with E-state index in [2.05, 4.69) is 5.32 Å². The van der Waals surface area contributed by atoms with Crippen molar-refractivity contribution in [2.45, 2.75) is 26.3 Å². The second-order valence-electron chi connectivity index (χ2n) is 5.32. The number of rotatable bonds is 2. The maximum absolute atomic E-state index is 12.3. The molecular weight excluding hydrogens is 220 g/mol. The van der Waals surface area contributed by atoms with Gasteiger partial charge in [0.05, 0.1) is 5.92 Å². The molecule has 1 amide bonds. The molecule has 4 atom stereocenters. The number of carboxylic acids is 1. The largest absolute Gasteiger partial charge is 0.480 e. The first-order chi connectivity index (χ1) is 8.02. The molecule has 0 bridgehead atoms. The number of carboxylic acid groups (broad SMARTS) is 1. The summed E-state index contributed by atoms with van der Waals surface area (Å²) in [6.07, 6.45) is 0.789. The summed E-state index contributed by atoms with van der Waals surface area (Å²) < 4.78 is 0. The van der Waals surface area contributed by atoms with E-state index < -0.39 is 12.0 Å². The van der Waals surface area contributed by atoms with Crippen LogP contribution >= 0.6 is 0 Å². The van der Waals surface area contributed by atoms with Crippen molar-refractivity contribution in [3.63, 3.8) is 0 Å². The van der Waals surface area contributed by atoms with Crippen molar-refractivity contribution in [2.24, 2.45) is 17.8 Å². The number of hydrogen-bond acceptors (Lipinski definition) is 3. The van der Waals surface area contributed by atoms with Gasteiger partial charge in [-0.2, -0.15) is 0 Å². The standard InChI is InChI=1S/C12H20N2O3/c1-7-3-4-14(10(7)12(16)17)11(15)9-6-13-5-8(9)2/h7-10,13H,3-6H2,1-2H3,(H,16,17)/t7?,8-,9-,10?/m1/s1. The third kappa shape index (κ3) is 2.16. The number of hydrogen-bond donors (Lipinski definition) is 2. The fourth-order valence-electron chi connectivity index (χ4n) is 2.92. The summed E-state index contributed by atoms with van der Waals surface area (Å²) in [5, 5.41) is 12.4. The van der Waals surface area contributed by atoms with Gasteiger partial charge in [0, 0.05) is 13.1 Å². The zero-order valence-electron chi connectivity index (χ0n) is 10.3. The molecule has 2 aliphatic rings. The summed E-state index contributed by atoms with van der Waals surface area (Å²) >= 11 is 0. The van der Waals surface area contributed by atoms with Crippen molar-refractivity contribution in [1.82, 2.24) is 10.2 Å². The average molecular weight is 240 g/mol. The molecule has 96 valence electrons. The van der Waals surface area contributed by atoms with Crippen molar-refractivity contribution in [3.05, 3.63) is 0 Å². The van der Waals surface area contributed by atoms with E-state index in [9.17, 15) is 14.7 Å². The van der Waals surface area contributed by atoms with E-state index in [1.165, 1.54) is 0 Å². The third-order valence-corrected chi connectivity index (χ3v) is 4.07. The Morgan fingerprint density at radius 3 is 2.47 bits per heavy atom. The highest BCUT2D eigenvalue weighted by molar-refractivity contribution is 5.86. The summed E-state index contributed by atoms with van der Waals surface area (Å²) in [4.78, 5) is 25.1. The third-order valence-electron chi connectivity index (χ3n) is 4.07. The molecule has 2 N–H and O–H groups in total. The van der Waals surface area contributed by atoms with Gasteiger partial charge >= 0.3 is 5.97 Å². The second kappa shape index (κ2) is 4.64. The van der Waals surface area contributed by atoms with Gasteiger partial charge in [0.15, 0.2) is 0 Å². The summed E-state index contributed by atoms with van der Waals surface area (Å²) in [6.45, 7) is 6.05. The van der Waals surface area contributed by atoms with Crippen molar-refractivity contribution in [3.8, 4) is 0 Å². The summed E-state index contributed by atoms with van der Waals surface area (Å²) in [5.74, 6) is -0.558. The first-order valence-electron chi connectivity index (χ1n) is 6.26. The molecule has 2 saturated heterocycles. The molecule has 5 nitrogen and oxygen atoms in total.